The van der Waals surface area contributed by atoms with Crippen molar-refractivity contribution in [2.24, 2.45) is 0 Å². The first-order chi connectivity index (χ1) is 10.9. The zero-order chi connectivity index (χ0) is 17.0. The van der Waals surface area contributed by atoms with Crippen LogP contribution in [0.25, 0.3) is 16.9 Å². The molecule has 0 aliphatic carbocycles. The Morgan fingerprint density at radius 2 is 1.78 bits per heavy atom. The Labute approximate surface area is 135 Å². The van der Waals surface area contributed by atoms with E-state index in [1.807, 2.05) is 6.92 Å². The monoisotopic (exact) mass is 339 g/mol. The number of rotatable bonds is 1. The van der Waals surface area contributed by atoms with E-state index in [1.165, 1.54) is 12.1 Å². The van der Waals surface area contributed by atoms with E-state index in [2.05, 4.69) is 22.7 Å². The lowest BCUT2D eigenvalue weighted by atomic mass is 10.1. The molecule has 0 saturated carbocycles. The predicted molar refractivity (Wildman–Crippen MR) is 83.9 cm³/mol. The number of hydrogen-bond acceptors (Lipinski definition) is 3. The zero-order valence-corrected chi connectivity index (χ0v) is 12.8. The van der Waals surface area contributed by atoms with Crippen LogP contribution < -0.4 is 0 Å². The maximum Gasteiger partial charge on any atom is 0.416 e. The van der Waals surface area contributed by atoms with Crippen LogP contribution in [0.2, 0.25) is 0 Å². The first-order valence-corrected chi connectivity index (χ1v) is 6.95. The number of thiol groups is 1. The van der Waals surface area contributed by atoms with Crippen LogP contribution in [0.4, 0.5) is 13.2 Å². The Balaban J connectivity index is 0.000000595. The number of carbonyl (C=O) groups excluding carboxylic acids is 1. The molecule has 0 fully saturated rings. The molecule has 3 aromatic rings. The molecule has 0 saturated heterocycles. The summed E-state index contributed by atoms with van der Waals surface area (Å²) in [6, 6.07) is 8.57. The van der Waals surface area contributed by atoms with Gasteiger partial charge < -0.3 is 0 Å². The van der Waals surface area contributed by atoms with Crippen LogP contribution in [0.1, 0.15) is 11.3 Å². The van der Waals surface area contributed by atoms with Crippen LogP contribution in [0.5, 0.6) is 0 Å². The van der Waals surface area contributed by atoms with Gasteiger partial charge in [0.05, 0.1) is 17.5 Å². The van der Waals surface area contributed by atoms with Crippen molar-refractivity contribution in [2.45, 2.75) is 13.1 Å². The van der Waals surface area contributed by atoms with E-state index in [4.69, 9.17) is 4.79 Å². The fraction of sp³-hybridized carbons (Fsp3) is 0.133. The molecule has 0 spiro atoms. The van der Waals surface area contributed by atoms with E-state index >= 15 is 0 Å². The van der Waals surface area contributed by atoms with E-state index < -0.39 is 11.7 Å². The Kier molecular flexibility index (Phi) is 5.05. The quantitative estimate of drug-likeness (QED) is 0.541. The van der Waals surface area contributed by atoms with Gasteiger partial charge in [0.2, 0.25) is 0 Å². The fourth-order valence-electron chi connectivity index (χ4n) is 2.07. The molecule has 8 heteroatoms. The molecular weight excluding hydrogens is 327 g/mol. The first kappa shape index (κ1) is 17.0. The van der Waals surface area contributed by atoms with Gasteiger partial charge in [-0.2, -0.15) is 18.3 Å². The molecule has 2 aromatic heterocycles. The molecule has 23 heavy (non-hydrogen) atoms. The highest BCUT2D eigenvalue weighted by Crippen LogP contribution is 2.31. The number of benzene rings is 1. The minimum absolute atomic E-state index is 0.444. The van der Waals surface area contributed by atoms with Gasteiger partial charge in [-0.15, -0.1) is 12.6 Å². The maximum atomic E-state index is 12.6. The SMILES string of the molecule is Cc1cc(-c2ccc(C(F)(F)F)cc2)n2nccc2n1.O=CS. The number of aromatic nitrogens is 3. The van der Waals surface area contributed by atoms with Gasteiger partial charge in [-0.3, -0.25) is 4.79 Å². The summed E-state index contributed by atoms with van der Waals surface area (Å²) in [4.78, 5) is 13.0. The normalized spacial score (nSPS) is 11.0. The zero-order valence-electron chi connectivity index (χ0n) is 11.9. The van der Waals surface area contributed by atoms with Gasteiger partial charge in [-0.1, -0.05) is 12.1 Å². The van der Waals surface area contributed by atoms with Crippen molar-refractivity contribution < 1.29 is 18.0 Å². The van der Waals surface area contributed by atoms with Gasteiger partial charge in [-0.25, -0.2) is 9.50 Å². The van der Waals surface area contributed by atoms with E-state index in [0.717, 1.165) is 17.8 Å². The molecule has 1 aromatic carbocycles. The van der Waals surface area contributed by atoms with Crippen molar-refractivity contribution in [1.82, 2.24) is 14.6 Å². The second-order valence-electron chi connectivity index (χ2n) is 4.56. The molecule has 0 atom stereocenters. The van der Waals surface area contributed by atoms with Gasteiger partial charge in [0.15, 0.2) is 11.3 Å². The Bertz CT molecular complexity index is 813. The number of carbonyl (C=O) groups is 1. The van der Waals surface area contributed by atoms with Crippen LogP contribution in [0, 0.1) is 6.92 Å². The molecule has 0 aliphatic heterocycles. The molecule has 120 valence electrons. The number of aryl methyl sites for hydroxylation is 1. The number of halogens is 3. The van der Waals surface area contributed by atoms with Crippen LogP contribution in [-0.4, -0.2) is 20.2 Å². The number of alkyl halides is 3. The summed E-state index contributed by atoms with van der Waals surface area (Å²) < 4.78 is 39.3. The lowest BCUT2D eigenvalue weighted by molar-refractivity contribution is -0.137. The molecule has 0 radical (unpaired) electrons. The summed E-state index contributed by atoms with van der Waals surface area (Å²) in [7, 11) is 0. The predicted octanol–water partition coefficient (Wildman–Crippen LogP) is 3.83. The lowest BCUT2D eigenvalue weighted by Gasteiger charge is -2.09. The Morgan fingerprint density at radius 3 is 2.35 bits per heavy atom. The highest BCUT2D eigenvalue weighted by Gasteiger charge is 2.30. The summed E-state index contributed by atoms with van der Waals surface area (Å²) in [5, 5.41) is 4.14. The smallest absolute Gasteiger partial charge is 0.291 e. The topological polar surface area (TPSA) is 47.3 Å². The third-order valence-electron chi connectivity index (χ3n) is 3.00. The summed E-state index contributed by atoms with van der Waals surface area (Å²) in [6.07, 6.45) is -2.72. The highest BCUT2D eigenvalue weighted by molar-refractivity contribution is 7.94. The summed E-state index contributed by atoms with van der Waals surface area (Å²) >= 11 is 3.11. The van der Waals surface area contributed by atoms with Crippen molar-refractivity contribution in [2.75, 3.05) is 0 Å². The fourth-order valence-corrected chi connectivity index (χ4v) is 2.07. The van der Waals surface area contributed by atoms with Gasteiger partial charge >= 0.3 is 6.18 Å². The van der Waals surface area contributed by atoms with Gasteiger partial charge in [0.1, 0.15) is 0 Å². The maximum absolute atomic E-state index is 12.6. The molecule has 0 bridgehead atoms. The second-order valence-corrected chi connectivity index (χ2v) is 4.78. The van der Waals surface area contributed by atoms with Crippen molar-refractivity contribution in [3.05, 3.63) is 53.9 Å². The number of fused-ring (bicyclic) bond motifs is 1. The van der Waals surface area contributed by atoms with E-state index in [-0.39, 0.29) is 0 Å². The minimum Gasteiger partial charge on any atom is -0.291 e. The summed E-state index contributed by atoms with van der Waals surface area (Å²) in [5.74, 6) is 0. The van der Waals surface area contributed by atoms with Gasteiger partial charge in [0.25, 0.3) is 0 Å². The Morgan fingerprint density at radius 1 is 1.17 bits per heavy atom. The number of nitrogens with zero attached hydrogens (tertiary/aromatic N) is 3. The molecule has 4 nitrogen and oxygen atoms in total. The molecule has 3 rings (SSSR count). The van der Waals surface area contributed by atoms with Crippen LogP contribution in [-0.2, 0) is 11.0 Å². The highest BCUT2D eigenvalue weighted by atomic mass is 32.1. The summed E-state index contributed by atoms with van der Waals surface area (Å²) in [5.41, 5.74) is 2.61. The van der Waals surface area contributed by atoms with Crippen molar-refractivity contribution >= 4 is 23.9 Å². The average Bonchev–Trinajstić information content (AvgIpc) is 2.94. The minimum atomic E-state index is -4.33. The third kappa shape index (κ3) is 3.89. The standard InChI is InChI=1S/C14H10F3N3.CH2OS/c1-9-8-12(20-13(19-9)6-7-18-20)10-2-4-11(5-3-10)14(15,16)17;2-1-3/h2-8H,1H3;1H,(H,2,3). The van der Waals surface area contributed by atoms with E-state index in [1.54, 1.807) is 22.8 Å². The Hall–Kier alpha value is -2.35. The second kappa shape index (κ2) is 6.82. The van der Waals surface area contributed by atoms with Crippen LogP contribution in [0.15, 0.2) is 42.6 Å². The third-order valence-corrected chi connectivity index (χ3v) is 3.00. The molecule has 0 amide bonds. The van der Waals surface area contributed by atoms with E-state index in [0.29, 0.717) is 22.5 Å². The van der Waals surface area contributed by atoms with Crippen LogP contribution in [0.3, 0.4) is 0 Å². The molecule has 2 heterocycles. The number of hydrogen-bond donors (Lipinski definition) is 1. The van der Waals surface area contributed by atoms with Crippen molar-refractivity contribution in [3.63, 3.8) is 0 Å². The van der Waals surface area contributed by atoms with Gasteiger partial charge in [-0.05, 0) is 25.1 Å². The molecule has 0 N–H and O–H groups in total. The molecule has 0 aliphatic rings. The van der Waals surface area contributed by atoms with Gasteiger partial charge in [0, 0.05) is 17.3 Å². The molecule has 0 unspecified atom stereocenters. The van der Waals surface area contributed by atoms with Crippen molar-refractivity contribution in [1.29, 1.82) is 0 Å². The van der Waals surface area contributed by atoms with Crippen LogP contribution >= 0.6 is 12.6 Å². The molecular formula is C15H12F3N3OS. The average molecular weight is 339 g/mol. The first-order valence-electron chi connectivity index (χ1n) is 6.43. The van der Waals surface area contributed by atoms with E-state index in [9.17, 15) is 13.2 Å². The summed E-state index contributed by atoms with van der Waals surface area (Å²) in [6.45, 7) is 1.83. The largest absolute Gasteiger partial charge is 0.416 e. The van der Waals surface area contributed by atoms with Crippen molar-refractivity contribution in [3.8, 4) is 11.3 Å². The lowest BCUT2D eigenvalue weighted by Crippen LogP contribution is -2.04.